The molecule has 1 saturated heterocycles. The number of rotatable bonds is 5. The molecular formula is C16H29NO. The van der Waals surface area contributed by atoms with E-state index in [0.29, 0.717) is 5.92 Å². The highest BCUT2D eigenvalue weighted by atomic mass is 16.5. The molecular weight excluding hydrogens is 222 g/mol. The number of nitrogens with one attached hydrogen (secondary N) is 1. The van der Waals surface area contributed by atoms with Crippen LogP contribution >= 0.6 is 0 Å². The maximum Gasteiger partial charge on any atom is 0.0528 e. The molecule has 104 valence electrons. The van der Waals surface area contributed by atoms with Crippen LogP contribution in [0.25, 0.3) is 0 Å². The fraction of sp³-hybridized carbons (Fsp3) is 0.875. The van der Waals surface area contributed by atoms with Gasteiger partial charge in [0, 0.05) is 19.1 Å². The van der Waals surface area contributed by atoms with Crippen LogP contribution in [0.2, 0.25) is 0 Å². The Kier molecular flexibility index (Phi) is 6.22. The van der Waals surface area contributed by atoms with Gasteiger partial charge in [0.05, 0.1) is 6.61 Å². The van der Waals surface area contributed by atoms with Crippen LogP contribution < -0.4 is 5.32 Å². The van der Waals surface area contributed by atoms with Crippen molar-refractivity contribution in [3.63, 3.8) is 0 Å². The van der Waals surface area contributed by atoms with Gasteiger partial charge >= 0.3 is 0 Å². The largest absolute Gasteiger partial charge is 0.381 e. The normalized spacial score (nSPS) is 27.4. The van der Waals surface area contributed by atoms with E-state index < -0.39 is 0 Å². The van der Waals surface area contributed by atoms with Crippen LogP contribution in [0.15, 0.2) is 11.6 Å². The summed E-state index contributed by atoms with van der Waals surface area (Å²) in [5.41, 5.74) is 1.67. The fourth-order valence-corrected chi connectivity index (χ4v) is 3.28. The van der Waals surface area contributed by atoms with Gasteiger partial charge < -0.3 is 10.1 Å². The molecule has 0 radical (unpaired) electrons. The smallest absolute Gasteiger partial charge is 0.0528 e. The summed E-state index contributed by atoms with van der Waals surface area (Å²) in [6, 6.07) is 0. The summed E-state index contributed by atoms with van der Waals surface area (Å²) in [5.74, 6) is 1.52. The van der Waals surface area contributed by atoms with Crippen molar-refractivity contribution < 1.29 is 4.74 Å². The van der Waals surface area contributed by atoms with E-state index in [4.69, 9.17) is 4.74 Å². The van der Waals surface area contributed by atoms with Gasteiger partial charge in [-0.2, -0.15) is 0 Å². The fourth-order valence-electron chi connectivity index (χ4n) is 3.28. The highest BCUT2D eigenvalue weighted by Gasteiger charge is 2.20. The molecule has 2 aliphatic rings. The van der Waals surface area contributed by atoms with E-state index in [1.165, 1.54) is 44.9 Å². The first kappa shape index (κ1) is 14.1. The van der Waals surface area contributed by atoms with Crippen molar-refractivity contribution in [2.75, 3.05) is 26.3 Å². The van der Waals surface area contributed by atoms with Gasteiger partial charge in [0.1, 0.15) is 0 Å². The predicted octanol–water partition coefficient (Wildman–Crippen LogP) is 3.53. The van der Waals surface area contributed by atoms with Gasteiger partial charge in [-0.1, -0.05) is 37.8 Å². The van der Waals surface area contributed by atoms with E-state index in [2.05, 4.69) is 18.3 Å². The molecule has 0 amide bonds. The second-order valence-electron chi connectivity index (χ2n) is 5.83. The minimum atomic E-state index is 0.675. The molecule has 1 heterocycles. The van der Waals surface area contributed by atoms with E-state index in [1.807, 2.05) is 0 Å². The first-order chi connectivity index (χ1) is 8.90. The van der Waals surface area contributed by atoms with E-state index in [9.17, 15) is 0 Å². The van der Waals surface area contributed by atoms with E-state index >= 15 is 0 Å². The van der Waals surface area contributed by atoms with Crippen LogP contribution in [0.1, 0.15) is 51.9 Å². The van der Waals surface area contributed by atoms with Crippen LogP contribution in [0.3, 0.4) is 0 Å². The lowest BCUT2D eigenvalue weighted by atomic mass is 9.82. The van der Waals surface area contributed by atoms with Crippen molar-refractivity contribution in [3.05, 3.63) is 11.6 Å². The van der Waals surface area contributed by atoms with Crippen molar-refractivity contribution in [2.24, 2.45) is 11.8 Å². The Morgan fingerprint density at radius 1 is 1.17 bits per heavy atom. The van der Waals surface area contributed by atoms with Crippen molar-refractivity contribution in [1.29, 1.82) is 0 Å². The lowest BCUT2D eigenvalue weighted by molar-refractivity contribution is 0.0705. The molecule has 1 atom stereocenters. The van der Waals surface area contributed by atoms with Crippen LogP contribution in [0.5, 0.6) is 0 Å². The molecule has 0 aromatic carbocycles. The van der Waals surface area contributed by atoms with Crippen LogP contribution in [0, 0.1) is 11.8 Å². The number of hydrogen-bond acceptors (Lipinski definition) is 2. The Morgan fingerprint density at radius 3 is 2.67 bits per heavy atom. The van der Waals surface area contributed by atoms with Gasteiger partial charge in [0.25, 0.3) is 0 Å². The zero-order valence-electron chi connectivity index (χ0n) is 11.9. The SMILES string of the molecule is CCNC/C(=C/C1CCCOC1)C1CCCCC1. The van der Waals surface area contributed by atoms with Crippen LogP contribution in [-0.2, 0) is 4.74 Å². The molecule has 0 spiro atoms. The van der Waals surface area contributed by atoms with Crippen LogP contribution in [-0.4, -0.2) is 26.3 Å². The third kappa shape index (κ3) is 4.40. The van der Waals surface area contributed by atoms with Crippen molar-refractivity contribution in [3.8, 4) is 0 Å². The van der Waals surface area contributed by atoms with Crippen LogP contribution in [0.4, 0.5) is 0 Å². The standard InChI is InChI=1S/C16H29NO/c1-2-17-12-16(15-8-4-3-5-9-15)11-14-7-6-10-18-13-14/h11,14-15,17H,2-10,12-13H2,1H3/b16-11-. The lowest BCUT2D eigenvalue weighted by Gasteiger charge is -2.27. The summed E-state index contributed by atoms with van der Waals surface area (Å²) < 4.78 is 5.61. The average Bonchev–Trinajstić information content (AvgIpc) is 2.45. The van der Waals surface area contributed by atoms with Gasteiger partial charge in [-0.25, -0.2) is 0 Å². The summed E-state index contributed by atoms with van der Waals surface area (Å²) in [6.07, 6.45) is 12.2. The second kappa shape index (κ2) is 7.96. The minimum absolute atomic E-state index is 0.675. The van der Waals surface area contributed by atoms with Gasteiger partial charge in [0.2, 0.25) is 0 Å². The summed E-state index contributed by atoms with van der Waals surface area (Å²) in [5, 5.41) is 3.53. The molecule has 2 fully saturated rings. The van der Waals surface area contributed by atoms with Gasteiger partial charge in [0.15, 0.2) is 0 Å². The molecule has 1 aliphatic carbocycles. The monoisotopic (exact) mass is 251 g/mol. The molecule has 0 aromatic heterocycles. The van der Waals surface area contributed by atoms with Crippen molar-refractivity contribution in [2.45, 2.75) is 51.9 Å². The number of hydrogen-bond donors (Lipinski definition) is 1. The quantitative estimate of drug-likeness (QED) is 0.755. The molecule has 2 nitrogen and oxygen atoms in total. The Morgan fingerprint density at radius 2 is 2.00 bits per heavy atom. The van der Waals surface area contributed by atoms with Gasteiger partial charge in [-0.05, 0) is 38.1 Å². The first-order valence-corrected chi connectivity index (χ1v) is 7.89. The molecule has 1 saturated carbocycles. The maximum atomic E-state index is 5.61. The molecule has 0 bridgehead atoms. The second-order valence-corrected chi connectivity index (χ2v) is 5.83. The lowest BCUT2D eigenvalue weighted by Crippen LogP contribution is -2.24. The van der Waals surface area contributed by atoms with Gasteiger partial charge in [-0.15, -0.1) is 0 Å². The van der Waals surface area contributed by atoms with E-state index in [1.54, 1.807) is 5.57 Å². The van der Waals surface area contributed by atoms with E-state index in [-0.39, 0.29) is 0 Å². The van der Waals surface area contributed by atoms with Gasteiger partial charge in [-0.3, -0.25) is 0 Å². The Bertz CT molecular complexity index is 250. The van der Waals surface area contributed by atoms with E-state index in [0.717, 1.165) is 32.2 Å². The number of likely N-dealkylation sites (N-methyl/N-ethyl adjacent to an activating group) is 1. The van der Waals surface area contributed by atoms with Crippen molar-refractivity contribution in [1.82, 2.24) is 5.32 Å². The highest BCUT2D eigenvalue weighted by molar-refractivity contribution is 5.12. The molecule has 1 aliphatic heterocycles. The highest BCUT2D eigenvalue weighted by Crippen LogP contribution is 2.31. The Hall–Kier alpha value is -0.340. The summed E-state index contributed by atoms with van der Waals surface area (Å²) in [6.45, 7) is 6.28. The van der Waals surface area contributed by atoms with Crippen molar-refractivity contribution >= 4 is 0 Å². The zero-order chi connectivity index (χ0) is 12.6. The molecule has 2 rings (SSSR count). The molecule has 2 heteroatoms. The predicted molar refractivity (Wildman–Crippen MR) is 76.7 cm³/mol. The minimum Gasteiger partial charge on any atom is -0.381 e. The maximum absolute atomic E-state index is 5.61. The number of ether oxygens (including phenoxy) is 1. The summed E-state index contributed by atoms with van der Waals surface area (Å²) in [7, 11) is 0. The third-order valence-corrected chi connectivity index (χ3v) is 4.35. The summed E-state index contributed by atoms with van der Waals surface area (Å²) >= 11 is 0. The molecule has 0 aromatic rings. The summed E-state index contributed by atoms with van der Waals surface area (Å²) in [4.78, 5) is 0. The Balaban J connectivity index is 1.95. The third-order valence-electron chi connectivity index (χ3n) is 4.35. The Labute approximate surface area is 112 Å². The molecule has 18 heavy (non-hydrogen) atoms. The topological polar surface area (TPSA) is 21.3 Å². The molecule has 1 unspecified atom stereocenters. The zero-order valence-corrected chi connectivity index (χ0v) is 11.9. The molecule has 1 N–H and O–H groups in total. The average molecular weight is 251 g/mol. The first-order valence-electron chi connectivity index (χ1n) is 7.89.